The number of hydrogen-bond donors (Lipinski definition) is 2. The lowest BCUT2D eigenvalue weighted by atomic mass is 9.89. The smallest absolute Gasteiger partial charge is 0.255 e. The molecule has 0 radical (unpaired) electrons. The molecular formula is C27H29N3O2. The predicted molar refractivity (Wildman–Crippen MR) is 127 cm³/mol. The molecule has 0 saturated carbocycles. The molecular weight excluding hydrogens is 398 g/mol. The van der Waals surface area contributed by atoms with Crippen molar-refractivity contribution >= 4 is 11.6 Å². The first kappa shape index (κ1) is 20.6. The van der Waals surface area contributed by atoms with Crippen LogP contribution in [-0.4, -0.2) is 42.1 Å². The zero-order valence-electron chi connectivity index (χ0n) is 18.2. The van der Waals surface area contributed by atoms with Crippen LogP contribution in [0.2, 0.25) is 0 Å². The van der Waals surface area contributed by atoms with Crippen LogP contribution in [0.25, 0.3) is 0 Å². The lowest BCUT2D eigenvalue weighted by Crippen LogP contribution is -2.49. The number of nitrogens with one attached hydrogen (secondary N) is 1. The van der Waals surface area contributed by atoms with Crippen LogP contribution >= 0.6 is 0 Å². The van der Waals surface area contributed by atoms with Gasteiger partial charge in [-0.05, 0) is 67.2 Å². The SMILES string of the molecule is O=C1NC(c2ccc(O)cc2)N(CCN2CCC(c3ccccc3)CC2)c2ccccc21. The van der Waals surface area contributed by atoms with Gasteiger partial charge in [0.2, 0.25) is 0 Å². The number of benzene rings is 3. The van der Waals surface area contributed by atoms with E-state index in [-0.39, 0.29) is 17.8 Å². The number of anilines is 1. The largest absolute Gasteiger partial charge is 0.508 e. The van der Waals surface area contributed by atoms with Crippen LogP contribution in [-0.2, 0) is 0 Å². The summed E-state index contributed by atoms with van der Waals surface area (Å²) in [4.78, 5) is 17.6. The van der Waals surface area contributed by atoms with Crippen molar-refractivity contribution in [3.63, 3.8) is 0 Å². The molecule has 0 bridgehead atoms. The number of phenols is 1. The van der Waals surface area contributed by atoms with Gasteiger partial charge in [0.25, 0.3) is 5.91 Å². The summed E-state index contributed by atoms with van der Waals surface area (Å²) >= 11 is 0. The van der Waals surface area contributed by atoms with Gasteiger partial charge < -0.3 is 20.2 Å². The molecule has 5 heteroatoms. The number of phenolic OH excluding ortho intramolecular Hbond substituents is 1. The van der Waals surface area contributed by atoms with E-state index in [0.29, 0.717) is 11.5 Å². The summed E-state index contributed by atoms with van der Waals surface area (Å²) in [6.07, 6.45) is 2.11. The van der Waals surface area contributed by atoms with Crippen LogP contribution in [0.15, 0.2) is 78.9 Å². The molecule has 1 unspecified atom stereocenters. The summed E-state index contributed by atoms with van der Waals surface area (Å²) in [5.41, 5.74) is 4.10. The fraction of sp³-hybridized carbons (Fsp3) is 0.296. The van der Waals surface area contributed by atoms with E-state index < -0.39 is 0 Å². The standard InChI is InChI=1S/C27H29N3O2/c31-23-12-10-22(11-13-23)26-28-27(32)24-8-4-5-9-25(24)30(26)19-18-29-16-14-21(15-17-29)20-6-2-1-3-7-20/h1-13,21,26,31H,14-19H2,(H,28,32). The first-order valence-electron chi connectivity index (χ1n) is 11.4. The van der Waals surface area contributed by atoms with E-state index in [0.717, 1.165) is 37.4 Å². The quantitative estimate of drug-likeness (QED) is 0.629. The van der Waals surface area contributed by atoms with Gasteiger partial charge in [0.15, 0.2) is 0 Å². The molecule has 0 spiro atoms. The minimum Gasteiger partial charge on any atom is -0.508 e. The van der Waals surface area contributed by atoms with Crippen LogP contribution < -0.4 is 10.2 Å². The average molecular weight is 428 g/mol. The van der Waals surface area contributed by atoms with Crippen molar-refractivity contribution in [2.75, 3.05) is 31.1 Å². The van der Waals surface area contributed by atoms with E-state index in [1.165, 1.54) is 18.4 Å². The zero-order chi connectivity index (χ0) is 21.9. The lowest BCUT2D eigenvalue weighted by molar-refractivity contribution is 0.0925. The molecule has 1 saturated heterocycles. The number of likely N-dealkylation sites (tertiary alicyclic amines) is 1. The Morgan fingerprint density at radius 2 is 1.50 bits per heavy atom. The van der Waals surface area contributed by atoms with Gasteiger partial charge in [-0.25, -0.2) is 0 Å². The molecule has 0 aromatic heterocycles. The average Bonchev–Trinajstić information content (AvgIpc) is 2.85. The molecule has 3 aromatic rings. The molecule has 1 fully saturated rings. The van der Waals surface area contributed by atoms with Gasteiger partial charge in [-0.15, -0.1) is 0 Å². The number of amides is 1. The van der Waals surface area contributed by atoms with Gasteiger partial charge in [-0.2, -0.15) is 0 Å². The maximum absolute atomic E-state index is 12.8. The number of hydrogen-bond acceptors (Lipinski definition) is 4. The highest BCUT2D eigenvalue weighted by molar-refractivity contribution is 6.02. The molecule has 0 aliphatic carbocycles. The van der Waals surface area contributed by atoms with Gasteiger partial charge >= 0.3 is 0 Å². The number of carbonyl (C=O) groups excluding carboxylic acids is 1. The molecule has 164 valence electrons. The molecule has 1 amide bonds. The van der Waals surface area contributed by atoms with Gasteiger partial charge in [-0.1, -0.05) is 54.6 Å². The topological polar surface area (TPSA) is 55.8 Å². The van der Waals surface area contributed by atoms with Gasteiger partial charge in [-0.3, -0.25) is 4.79 Å². The third-order valence-electron chi connectivity index (χ3n) is 6.76. The lowest BCUT2D eigenvalue weighted by Gasteiger charge is -2.41. The number of rotatable bonds is 5. The minimum atomic E-state index is -0.250. The first-order chi connectivity index (χ1) is 15.7. The summed E-state index contributed by atoms with van der Waals surface area (Å²) in [5.74, 6) is 0.815. The number of carbonyl (C=O) groups is 1. The van der Waals surface area contributed by atoms with Crippen molar-refractivity contribution in [3.05, 3.63) is 95.6 Å². The molecule has 5 nitrogen and oxygen atoms in total. The van der Waals surface area contributed by atoms with Crippen molar-refractivity contribution in [1.82, 2.24) is 10.2 Å². The van der Waals surface area contributed by atoms with E-state index in [4.69, 9.17) is 0 Å². The second kappa shape index (κ2) is 9.05. The molecule has 3 aromatic carbocycles. The summed E-state index contributed by atoms with van der Waals surface area (Å²) in [6, 6.07) is 25.8. The molecule has 5 rings (SSSR count). The highest BCUT2D eigenvalue weighted by Gasteiger charge is 2.32. The Labute approximate surface area is 189 Å². The summed E-state index contributed by atoms with van der Waals surface area (Å²) in [6.45, 7) is 3.94. The normalized spacial score (nSPS) is 19.4. The molecule has 2 N–H and O–H groups in total. The Kier molecular flexibility index (Phi) is 5.82. The number of piperidine rings is 1. The number of fused-ring (bicyclic) bond motifs is 1. The van der Waals surface area contributed by atoms with Crippen LogP contribution in [0.3, 0.4) is 0 Å². The van der Waals surface area contributed by atoms with Gasteiger partial charge in [0.05, 0.1) is 11.3 Å². The fourth-order valence-electron chi connectivity index (χ4n) is 4.97. The van der Waals surface area contributed by atoms with Crippen LogP contribution in [0.4, 0.5) is 5.69 Å². The Morgan fingerprint density at radius 3 is 2.25 bits per heavy atom. The number of nitrogens with zero attached hydrogens (tertiary/aromatic N) is 2. The van der Waals surface area contributed by atoms with E-state index >= 15 is 0 Å². The first-order valence-corrected chi connectivity index (χ1v) is 11.4. The maximum Gasteiger partial charge on any atom is 0.255 e. The minimum absolute atomic E-state index is 0.0569. The molecule has 2 aliphatic heterocycles. The molecule has 32 heavy (non-hydrogen) atoms. The fourth-order valence-corrected chi connectivity index (χ4v) is 4.97. The van der Waals surface area contributed by atoms with E-state index in [1.54, 1.807) is 12.1 Å². The number of para-hydroxylation sites is 1. The monoisotopic (exact) mass is 427 g/mol. The summed E-state index contributed by atoms with van der Waals surface area (Å²) in [5, 5.41) is 12.9. The maximum atomic E-state index is 12.8. The third kappa shape index (κ3) is 4.21. The van der Waals surface area contributed by atoms with Crippen LogP contribution in [0.5, 0.6) is 5.75 Å². The van der Waals surface area contributed by atoms with E-state index in [9.17, 15) is 9.90 Å². The van der Waals surface area contributed by atoms with Crippen molar-refractivity contribution in [1.29, 1.82) is 0 Å². The van der Waals surface area contributed by atoms with Crippen LogP contribution in [0, 0.1) is 0 Å². The second-order valence-corrected chi connectivity index (χ2v) is 8.70. The highest BCUT2D eigenvalue weighted by atomic mass is 16.3. The summed E-state index contributed by atoms with van der Waals surface area (Å²) < 4.78 is 0. The van der Waals surface area contributed by atoms with Crippen molar-refractivity contribution in [3.8, 4) is 5.75 Å². The second-order valence-electron chi connectivity index (χ2n) is 8.70. The van der Waals surface area contributed by atoms with Crippen molar-refractivity contribution in [2.45, 2.75) is 24.9 Å². The molecule has 2 aliphatic rings. The van der Waals surface area contributed by atoms with Crippen molar-refractivity contribution < 1.29 is 9.90 Å². The van der Waals surface area contributed by atoms with Gasteiger partial charge in [0.1, 0.15) is 11.9 Å². The summed E-state index contributed by atoms with van der Waals surface area (Å²) in [7, 11) is 0. The Bertz CT molecular complexity index is 1060. The predicted octanol–water partition coefficient (Wildman–Crippen LogP) is 4.52. The van der Waals surface area contributed by atoms with Crippen LogP contribution in [0.1, 0.15) is 46.4 Å². The third-order valence-corrected chi connectivity index (χ3v) is 6.76. The molecule has 1 atom stereocenters. The van der Waals surface area contributed by atoms with E-state index in [2.05, 4.69) is 45.4 Å². The number of aromatic hydroxyl groups is 1. The van der Waals surface area contributed by atoms with Gasteiger partial charge in [0, 0.05) is 13.1 Å². The molecule has 2 heterocycles. The Balaban J connectivity index is 1.30. The Hall–Kier alpha value is -3.31. The van der Waals surface area contributed by atoms with E-state index in [1.807, 2.05) is 36.4 Å². The van der Waals surface area contributed by atoms with Crippen molar-refractivity contribution in [2.24, 2.45) is 0 Å². The highest BCUT2D eigenvalue weighted by Crippen LogP contribution is 2.34. The zero-order valence-corrected chi connectivity index (χ0v) is 18.2. The Morgan fingerprint density at radius 1 is 0.812 bits per heavy atom.